The number of benzene rings is 1. The molecule has 7 heteroatoms. The number of aliphatic hydroxyl groups excluding tert-OH is 1. The first kappa shape index (κ1) is 17.2. The number of rotatable bonds is 9. The van der Waals surface area contributed by atoms with E-state index in [0.717, 1.165) is 5.56 Å². The summed E-state index contributed by atoms with van der Waals surface area (Å²) in [5, 5.41) is 11.3. The molecule has 5 nitrogen and oxygen atoms in total. The van der Waals surface area contributed by atoms with E-state index in [1.54, 1.807) is 12.1 Å². The molecule has 1 aromatic carbocycles. The van der Waals surface area contributed by atoms with Crippen LogP contribution >= 0.6 is 0 Å². The summed E-state index contributed by atoms with van der Waals surface area (Å²) in [6, 6.07) is 4.64. The molecule has 1 amide bonds. The minimum Gasteiger partial charge on any atom is -0.493 e. The average Bonchev–Trinajstić information content (AvgIpc) is 2.46. The Kier molecular flexibility index (Phi) is 7.45. The smallest absolute Gasteiger partial charge is 0.387 e. The number of alkyl halides is 2. The lowest BCUT2D eigenvalue weighted by molar-refractivity contribution is -0.121. The molecule has 0 aliphatic heterocycles. The van der Waals surface area contributed by atoms with Crippen LogP contribution in [0.15, 0.2) is 18.2 Å². The lowest BCUT2D eigenvalue weighted by Crippen LogP contribution is -2.25. The van der Waals surface area contributed by atoms with Crippen LogP contribution in [-0.4, -0.2) is 37.9 Å². The first-order chi connectivity index (χ1) is 10.1. The van der Waals surface area contributed by atoms with Gasteiger partial charge in [0.1, 0.15) is 0 Å². The maximum Gasteiger partial charge on any atom is 0.387 e. The number of aliphatic hydroxyl groups is 1. The number of halogens is 2. The highest BCUT2D eigenvalue weighted by Gasteiger charge is 2.11. The Morgan fingerprint density at radius 3 is 2.76 bits per heavy atom. The summed E-state index contributed by atoms with van der Waals surface area (Å²) in [5.74, 6) is 0.0660. The first-order valence-corrected chi connectivity index (χ1v) is 6.56. The molecule has 0 bridgehead atoms. The van der Waals surface area contributed by atoms with Gasteiger partial charge in [0.05, 0.1) is 7.11 Å². The van der Waals surface area contributed by atoms with Gasteiger partial charge in [0.25, 0.3) is 0 Å². The molecule has 0 radical (unpaired) electrons. The van der Waals surface area contributed by atoms with Crippen LogP contribution in [0, 0.1) is 0 Å². The Morgan fingerprint density at radius 1 is 1.38 bits per heavy atom. The van der Waals surface area contributed by atoms with E-state index in [4.69, 9.17) is 9.84 Å². The number of hydrogen-bond donors (Lipinski definition) is 2. The topological polar surface area (TPSA) is 67.8 Å². The van der Waals surface area contributed by atoms with Gasteiger partial charge in [0.2, 0.25) is 5.91 Å². The van der Waals surface area contributed by atoms with Crippen molar-refractivity contribution in [1.29, 1.82) is 0 Å². The minimum absolute atomic E-state index is 0.0176. The van der Waals surface area contributed by atoms with Crippen molar-refractivity contribution in [2.45, 2.75) is 25.9 Å². The zero-order chi connectivity index (χ0) is 15.7. The predicted molar refractivity (Wildman–Crippen MR) is 72.7 cm³/mol. The summed E-state index contributed by atoms with van der Waals surface area (Å²) in [4.78, 5) is 11.3. The van der Waals surface area contributed by atoms with Crippen LogP contribution in [0.25, 0.3) is 0 Å². The SMILES string of the molecule is COc1cc(CCNC(=O)CCCO)ccc1OC(F)F. The summed E-state index contributed by atoms with van der Waals surface area (Å²) < 4.78 is 33.7. The molecule has 0 aromatic heterocycles. The van der Waals surface area contributed by atoms with Crippen molar-refractivity contribution in [1.82, 2.24) is 5.32 Å². The highest BCUT2D eigenvalue weighted by Crippen LogP contribution is 2.29. The molecule has 0 atom stereocenters. The lowest BCUT2D eigenvalue weighted by Gasteiger charge is -2.11. The summed E-state index contributed by atoms with van der Waals surface area (Å²) in [6.45, 7) is -2.51. The van der Waals surface area contributed by atoms with Crippen molar-refractivity contribution in [3.05, 3.63) is 23.8 Å². The highest BCUT2D eigenvalue weighted by atomic mass is 19.3. The van der Waals surface area contributed by atoms with Gasteiger partial charge in [-0.05, 0) is 30.5 Å². The van der Waals surface area contributed by atoms with Crippen LogP contribution in [-0.2, 0) is 11.2 Å². The third-order valence-electron chi connectivity index (χ3n) is 2.74. The molecule has 0 saturated heterocycles. The van der Waals surface area contributed by atoms with Crippen LogP contribution in [0.5, 0.6) is 11.5 Å². The molecule has 1 aromatic rings. The molecule has 1 rings (SSSR count). The Morgan fingerprint density at radius 2 is 2.14 bits per heavy atom. The second-order valence-corrected chi connectivity index (χ2v) is 4.29. The van der Waals surface area contributed by atoms with E-state index in [9.17, 15) is 13.6 Å². The van der Waals surface area contributed by atoms with Crippen molar-refractivity contribution < 1.29 is 28.2 Å². The molecule has 0 aliphatic rings. The number of carbonyl (C=O) groups is 1. The van der Waals surface area contributed by atoms with Gasteiger partial charge < -0.3 is 19.9 Å². The fourth-order valence-electron chi connectivity index (χ4n) is 1.74. The van der Waals surface area contributed by atoms with Gasteiger partial charge in [-0.1, -0.05) is 6.07 Å². The van der Waals surface area contributed by atoms with Gasteiger partial charge in [-0.15, -0.1) is 0 Å². The maximum absolute atomic E-state index is 12.2. The van der Waals surface area contributed by atoms with E-state index in [0.29, 0.717) is 19.4 Å². The number of methoxy groups -OCH3 is 1. The zero-order valence-electron chi connectivity index (χ0n) is 11.8. The molecule has 2 N–H and O–H groups in total. The molecule has 0 aliphatic carbocycles. The van der Waals surface area contributed by atoms with E-state index in [-0.39, 0.29) is 30.4 Å². The monoisotopic (exact) mass is 303 g/mol. The third kappa shape index (κ3) is 6.40. The van der Waals surface area contributed by atoms with Crippen LogP contribution < -0.4 is 14.8 Å². The Labute approximate surface area is 121 Å². The molecule has 0 unspecified atom stereocenters. The van der Waals surface area contributed by atoms with Crippen LogP contribution in [0.4, 0.5) is 8.78 Å². The van der Waals surface area contributed by atoms with E-state index in [1.165, 1.54) is 13.2 Å². The van der Waals surface area contributed by atoms with Crippen molar-refractivity contribution in [2.24, 2.45) is 0 Å². The van der Waals surface area contributed by atoms with Crippen LogP contribution in [0.2, 0.25) is 0 Å². The van der Waals surface area contributed by atoms with E-state index in [2.05, 4.69) is 10.1 Å². The Balaban J connectivity index is 2.50. The van der Waals surface area contributed by atoms with Gasteiger partial charge in [-0.2, -0.15) is 8.78 Å². The zero-order valence-corrected chi connectivity index (χ0v) is 11.8. The summed E-state index contributed by atoms with van der Waals surface area (Å²) in [5.41, 5.74) is 0.830. The normalized spacial score (nSPS) is 10.5. The van der Waals surface area contributed by atoms with Crippen LogP contribution in [0.3, 0.4) is 0 Å². The quantitative estimate of drug-likeness (QED) is 0.729. The number of nitrogens with one attached hydrogen (secondary N) is 1. The highest BCUT2D eigenvalue weighted by molar-refractivity contribution is 5.75. The van der Waals surface area contributed by atoms with Gasteiger partial charge in [-0.3, -0.25) is 4.79 Å². The average molecular weight is 303 g/mol. The lowest BCUT2D eigenvalue weighted by atomic mass is 10.1. The summed E-state index contributed by atoms with van der Waals surface area (Å²) >= 11 is 0. The summed E-state index contributed by atoms with van der Waals surface area (Å²) in [6.07, 6.45) is 1.25. The van der Waals surface area contributed by atoms with Crippen molar-refractivity contribution >= 4 is 5.91 Å². The number of amides is 1. The molecular formula is C14H19F2NO4. The predicted octanol–water partition coefficient (Wildman–Crippen LogP) is 1.73. The minimum atomic E-state index is -2.91. The second-order valence-electron chi connectivity index (χ2n) is 4.29. The fraction of sp³-hybridized carbons (Fsp3) is 0.500. The van der Waals surface area contributed by atoms with Gasteiger partial charge in [-0.25, -0.2) is 0 Å². The number of ether oxygens (including phenoxy) is 2. The molecule has 0 saturated carbocycles. The maximum atomic E-state index is 12.2. The Hall–Kier alpha value is -1.89. The summed E-state index contributed by atoms with van der Waals surface area (Å²) in [7, 11) is 1.37. The molecule has 0 fully saturated rings. The van der Waals surface area contributed by atoms with E-state index >= 15 is 0 Å². The number of hydrogen-bond acceptors (Lipinski definition) is 4. The molecule has 0 heterocycles. The largest absolute Gasteiger partial charge is 0.493 e. The van der Waals surface area contributed by atoms with Crippen molar-refractivity contribution in [3.8, 4) is 11.5 Å². The Bertz CT molecular complexity index is 455. The van der Waals surface area contributed by atoms with Crippen molar-refractivity contribution in [2.75, 3.05) is 20.3 Å². The second kappa shape index (κ2) is 9.12. The number of carbonyl (C=O) groups excluding carboxylic acids is 1. The first-order valence-electron chi connectivity index (χ1n) is 6.56. The van der Waals surface area contributed by atoms with Gasteiger partial charge in [0.15, 0.2) is 11.5 Å². The van der Waals surface area contributed by atoms with Crippen LogP contribution in [0.1, 0.15) is 18.4 Å². The molecular weight excluding hydrogens is 284 g/mol. The molecule has 21 heavy (non-hydrogen) atoms. The van der Waals surface area contributed by atoms with E-state index in [1.807, 2.05) is 0 Å². The molecule has 0 spiro atoms. The standard InChI is InChI=1S/C14H19F2NO4/c1-20-12-9-10(4-5-11(12)21-14(15)16)6-7-17-13(19)3-2-8-18/h4-5,9,14,18H,2-3,6-8H2,1H3,(H,17,19). The van der Waals surface area contributed by atoms with Gasteiger partial charge in [0, 0.05) is 19.6 Å². The van der Waals surface area contributed by atoms with Crippen molar-refractivity contribution in [3.63, 3.8) is 0 Å². The van der Waals surface area contributed by atoms with E-state index < -0.39 is 6.61 Å². The van der Waals surface area contributed by atoms with Gasteiger partial charge >= 0.3 is 6.61 Å². The molecule has 118 valence electrons. The fourth-order valence-corrected chi connectivity index (χ4v) is 1.74. The third-order valence-corrected chi connectivity index (χ3v) is 2.74.